The van der Waals surface area contributed by atoms with Gasteiger partial charge in [0.05, 0.1) is 11.7 Å². The molecular formula is C27H47NO2. The number of rotatable bonds is 12. The molecule has 2 fully saturated rings. The van der Waals surface area contributed by atoms with E-state index < -0.39 is 5.60 Å². The van der Waals surface area contributed by atoms with Gasteiger partial charge in [0.25, 0.3) is 0 Å². The molecule has 0 bridgehead atoms. The predicted octanol–water partition coefficient (Wildman–Crippen LogP) is 5.86. The van der Waals surface area contributed by atoms with E-state index in [-0.39, 0.29) is 12.0 Å². The molecule has 5 atom stereocenters. The first kappa shape index (κ1) is 24.0. The zero-order valence-electron chi connectivity index (χ0n) is 19.7. The van der Waals surface area contributed by atoms with Gasteiger partial charge in [0.1, 0.15) is 0 Å². The highest BCUT2D eigenvalue weighted by Gasteiger charge is 2.43. The molecule has 0 aromatic rings. The molecule has 2 N–H and O–H groups in total. The van der Waals surface area contributed by atoms with Crippen LogP contribution in [0.4, 0.5) is 0 Å². The standard InChI is InChI=1S/C27H47NO2/c1-3-4-14-27(2,30)15-11-13-24-25-20-22(19-23(25)21-26(24)29)12-7-5-8-16-28-17-9-6-10-18-28/h11,13,19,23-26,29-30H,3-10,12,14-18,20-21H2,1-2H3/t23-,24+,25-,26+,27+/m0/s1. The minimum Gasteiger partial charge on any atom is -0.392 e. The van der Waals surface area contributed by atoms with Gasteiger partial charge in [0.15, 0.2) is 0 Å². The van der Waals surface area contributed by atoms with E-state index in [9.17, 15) is 10.2 Å². The molecule has 1 heterocycles. The van der Waals surface area contributed by atoms with Crippen LogP contribution in [0.5, 0.6) is 0 Å². The summed E-state index contributed by atoms with van der Waals surface area (Å²) < 4.78 is 0. The van der Waals surface area contributed by atoms with Crippen molar-refractivity contribution in [3.8, 4) is 0 Å². The molecule has 3 nitrogen and oxygen atoms in total. The molecule has 0 amide bonds. The highest BCUT2D eigenvalue weighted by molar-refractivity contribution is 5.20. The summed E-state index contributed by atoms with van der Waals surface area (Å²) in [5.41, 5.74) is 1.03. The topological polar surface area (TPSA) is 43.7 Å². The van der Waals surface area contributed by atoms with E-state index in [0.29, 0.717) is 18.3 Å². The lowest BCUT2D eigenvalue weighted by atomic mass is 9.87. The van der Waals surface area contributed by atoms with Crippen LogP contribution in [0, 0.1) is 17.8 Å². The van der Waals surface area contributed by atoms with E-state index in [1.54, 1.807) is 5.57 Å². The molecule has 1 saturated heterocycles. The van der Waals surface area contributed by atoms with Crippen LogP contribution in [-0.2, 0) is 0 Å². The average molecular weight is 418 g/mol. The Hall–Kier alpha value is -0.640. The van der Waals surface area contributed by atoms with Gasteiger partial charge in [0.2, 0.25) is 0 Å². The van der Waals surface area contributed by atoms with E-state index in [1.807, 2.05) is 6.92 Å². The summed E-state index contributed by atoms with van der Waals surface area (Å²) in [7, 11) is 0. The molecule has 0 aromatic heterocycles. The van der Waals surface area contributed by atoms with Crippen molar-refractivity contribution in [2.45, 2.75) is 109 Å². The van der Waals surface area contributed by atoms with E-state index in [0.717, 1.165) is 25.7 Å². The van der Waals surface area contributed by atoms with E-state index in [4.69, 9.17) is 0 Å². The molecule has 0 spiro atoms. The van der Waals surface area contributed by atoms with Crippen LogP contribution in [0.1, 0.15) is 97.3 Å². The Labute approximate surface area is 185 Å². The Morgan fingerprint density at radius 3 is 2.70 bits per heavy atom. The number of piperidine rings is 1. The predicted molar refractivity (Wildman–Crippen MR) is 126 cm³/mol. The zero-order valence-corrected chi connectivity index (χ0v) is 19.7. The van der Waals surface area contributed by atoms with Gasteiger partial charge in [-0.1, -0.05) is 56.4 Å². The fourth-order valence-electron chi connectivity index (χ4n) is 5.98. The molecule has 3 aliphatic rings. The highest BCUT2D eigenvalue weighted by Crippen LogP contribution is 2.48. The molecule has 1 aliphatic heterocycles. The maximum Gasteiger partial charge on any atom is 0.0654 e. The lowest BCUT2D eigenvalue weighted by Gasteiger charge is -2.26. The highest BCUT2D eigenvalue weighted by atomic mass is 16.3. The number of aliphatic hydroxyl groups is 2. The fourth-order valence-corrected chi connectivity index (χ4v) is 5.98. The maximum atomic E-state index is 10.6. The molecular weight excluding hydrogens is 370 g/mol. The summed E-state index contributed by atoms with van der Waals surface area (Å²) in [4.78, 5) is 2.65. The van der Waals surface area contributed by atoms with Gasteiger partial charge in [-0.25, -0.2) is 0 Å². The Kier molecular flexibility index (Phi) is 9.47. The molecule has 2 aliphatic carbocycles. The number of hydrogen-bond acceptors (Lipinski definition) is 3. The Morgan fingerprint density at radius 2 is 1.93 bits per heavy atom. The Morgan fingerprint density at radius 1 is 1.13 bits per heavy atom. The van der Waals surface area contributed by atoms with Crippen molar-refractivity contribution >= 4 is 0 Å². The Bertz CT molecular complexity index is 561. The first-order valence-electron chi connectivity index (χ1n) is 13.0. The van der Waals surface area contributed by atoms with E-state index in [2.05, 4.69) is 30.1 Å². The summed E-state index contributed by atoms with van der Waals surface area (Å²) in [5.74, 6) is 1.42. The van der Waals surface area contributed by atoms with Crippen molar-refractivity contribution in [3.63, 3.8) is 0 Å². The number of likely N-dealkylation sites (tertiary alicyclic amines) is 1. The SMILES string of the molecule is CCCC[C@@](C)(O)CC=C[C@@H]1[C@H]2CC(CCCCCN3CCCCC3)=C[C@H]2C[C@H]1O. The van der Waals surface area contributed by atoms with Crippen molar-refractivity contribution < 1.29 is 10.2 Å². The summed E-state index contributed by atoms with van der Waals surface area (Å²) >= 11 is 0. The van der Waals surface area contributed by atoms with Crippen LogP contribution in [-0.4, -0.2) is 46.5 Å². The molecule has 0 unspecified atom stereocenters. The van der Waals surface area contributed by atoms with Crippen LogP contribution < -0.4 is 0 Å². The minimum atomic E-state index is -0.608. The fraction of sp³-hybridized carbons (Fsp3) is 0.852. The largest absolute Gasteiger partial charge is 0.392 e. The van der Waals surface area contributed by atoms with Gasteiger partial charge in [0, 0.05) is 5.92 Å². The smallest absolute Gasteiger partial charge is 0.0654 e. The quantitative estimate of drug-likeness (QED) is 0.308. The number of aliphatic hydroxyl groups excluding tert-OH is 1. The van der Waals surface area contributed by atoms with Crippen LogP contribution >= 0.6 is 0 Å². The van der Waals surface area contributed by atoms with Gasteiger partial charge < -0.3 is 15.1 Å². The number of nitrogens with zero attached hydrogens (tertiary/aromatic N) is 1. The summed E-state index contributed by atoms with van der Waals surface area (Å²) in [6, 6.07) is 0. The minimum absolute atomic E-state index is 0.209. The number of hydrogen-bond donors (Lipinski definition) is 2. The molecule has 1 saturated carbocycles. The third kappa shape index (κ3) is 7.21. The van der Waals surface area contributed by atoms with E-state index in [1.165, 1.54) is 71.0 Å². The van der Waals surface area contributed by atoms with Crippen LogP contribution in [0.2, 0.25) is 0 Å². The van der Waals surface area contributed by atoms with Crippen LogP contribution in [0.3, 0.4) is 0 Å². The zero-order chi connectivity index (χ0) is 21.4. The molecule has 0 aromatic carbocycles. The average Bonchev–Trinajstić information content (AvgIpc) is 3.24. The molecule has 0 radical (unpaired) electrons. The van der Waals surface area contributed by atoms with Gasteiger partial charge in [-0.3, -0.25) is 0 Å². The second-order valence-electron chi connectivity index (χ2n) is 10.7. The summed E-state index contributed by atoms with van der Waals surface area (Å²) in [6.45, 7) is 8.05. The first-order chi connectivity index (χ1) is 14.5. The summed E-state index contributed by atoms with van der Waals surface area (Å²) in [5, 5.41) is 21.1. The monoisotopic (exact) mass is 417 g/mol. The van der Waals surface area contributed by atoms with Crippen molar-refractivity contribution in [2.75, 3.05) is 19.6 Å². The lowest BCUT2D eigenvalue weighted by molar-refractivity contribution is 0.0513. The second-order valence-corrected chi connectivity index (χ2v) is 10.7. The molecule has 172 valence electrons. The van der Waals surface area contributed by atoms with Gasteiger partial charge in [-0.15, -0.1) is 0 Å². The van der Waals surface area contributed by atoms with Gasteiger partial charge in [-0.05, 0) is 96.2 Å². The molecule has 3 heteroatoms. The van der Waals surface area contributed by atoms with Gasteiger partial charge in [-0.2, -0.15) is 0 Å². The third-order valence-corrected chi connectivity index (χ3v) is 7.86. The van der Waals surface area contributed by atoms with Crippen LogP contribution in [0.25, 0.3) is 0 Å². The Balaban J connectivity index is 1.36. The van der Waals surface area contributed by atoms with Crippen molar-refractivity contribution in [3.05, 3.63) is 23.8 Å². The lowest BCUT2D eigenvalue weighted by Crippen LogP contribution is -2.30. The number of unbranched alkanes of at least 4 members (excludes halogenated alkanes) is 3. The van der Waals surface area contributed by atoms with E-state index >= 15 is 0 Å². The van der Waals surface area contributed by atoms with Gasteiger partial charge >= 0.3 is 0 Å². The van der Waals surface area contributed by atoms with Crippen molar-refractivity contribution in [2.24, 2.45) is 17.8 Å². The number of allylic oxidation sites excluding steroid dienone is 2. The molecule has 3 rings (SSSR count). The molecule has 30 heavy (non-hydrogen) atoms. The second kappa shape index (κ2) is 11.8. The summed E-state index contributed by atoms with van der Waals surface area (Å²) in [6.07, 6.45) is 22.0. The maximum absolute atomic E-state index is 10.6. The number of fused-ring (bicyclic) bond motifs is 1. The third-order valence-electron chi connectivity index (χ3n) is 7.86. The first-order valence-corrected chi connectivity index (χ1v) is 13.0. The normalized spacial score (nSPS) is 31.8. The van der Waals surface area contributed by atoms with Crippen molar-refractivity contribution in [1.29, 1.82) is 0 Å². The van der Waals surface area contributed by atoms with Crippen LogP contribution in [0.15, 0.2) is 23.8 Å². The van der Waals surface area contributed by atoms with Crippen molar-refractivity contribution in [1.82, 2.24) is 4.90 Å².